The van der Waals surface area contributed by atoms with E-state index >= 15 is 0 Å². The van der Waals surface area contributed by atoms with Gasteiger partial charge in [0, 0.05) is 30.4 Å². The third kappa shape index (κ3) is 4.05. The average Bonchev–Trinajstić information content (AvgIpc) is 3.48. The molecule has 0 aliphatic carbocycles. The summed E-state index contributed by atoms with van der Waals surface area (Å²) in [5.41, 5.74) is -1.43. The van der Waals surface area contributed by atoms with Gasteiger partial charge in [0.05, 0.1) is 11.5 Å². The Morgan fingerprint density at radius 2 is 2.00 bits per heavy atom. The molecule has 2 amide bonds. The zero-order chi connectivity index (χ0) is 26.1. The molecule has 3 aliphatic heterocycles. The molecule has 0 aromatic heterocycles. The van der Waals surface area contributed by atoms with Gasteiger partial charge >= 0.3 is 5.97 Å². The molecule has 1 aromatic carbocycles. The van der Waals surface area contributed by atoms with Crippen LogP contribution in [0.25, 0.3) is 0 Å². The van der Waals surface area contributed by atoms with Gasteiger partial charge in [-0.2, -0.15) is 0 Å². The van der Waals surface area contributed by atoms with Crippen LogP contribution in [0.4, 0.5) is 5.69 Å². The minimum Gasteiger partial charge on any atom is -0.461 e. The molecule has 3 fully saturated rings. The Morgan fingerprint density at radius 1 is 1.28 bits per heavy atom. The number of hydrogen-bond acceptors (Lipinski definition) is 6. The number of aliphatic hydroxyl groups is 1. The number of nitrogens with zero attached hydrogens (tertiary/aromatic N) is 2. The Hall–Kier alpha value is -2.68. The zero-order valence-corrected chi connectivity index (χ0v) is 21.3. The Labute approximate surface area is 216 Å². The number of carbonyl (C=O) groups is 3. The van der Waals surface area contributed by atoms with Gasteiger partial charge in [-0.3, -0.25) is 14.4 Å². The van der Waals surface area contributed by atoms with Crippen LogP contribution in [0.5, 0.6) is 0 Å². The topological polar surface area (TPSA) is 96.4 Å². The fraction of sp³-hybridized carbons (Fsp3) is 0.519. The summed E-state index contributed by atoms with van der Waals surface area (Å²) in [5, 5.41) is 10.0. The summed E-state index contributed by atoms with van der Waals surface area (Å²) in [5.74, 6) is -2.80. The number of anilines is 1. The summed E-state index contributed by atoms with van der Waals surface area (Å²) < 4.78 is 12.1. The lowest BCUT2D eigenvalue weighted by Crippen LogP contribution is -2.56. The van der Waals surface area contributed by atoms with E-state index in [9.17, 15) is 19.5 Å². The molecule has 2 bridgehead atoms. The van der Waals surface area contributed by atoms with Crippen LogP contribution in [-0.2, 0) is 23.9 Å². The summed E-state index contributed by atoms with van der Waals surface area (Å²) in [7, 11) is 0. The number of carbonyl (C=O) groups excluding carboxylic acids is 3. The number of amides is 2. The van der Waals surface area contributed by atoms with E-state index in [1.807, 2.05) is 6.92 Å². The first-order chi connectivity index (χ1) is 17.3. The van der Waals surface area contributed by atoms with Gasteiger partial charge in [-0.1, -0.05) is 37.3 Å². The number of rotatable bonds is 11. The minimum atomic E-state index is -1.16. The number of benzene rings is 1. The number of aliphatic hydroxyl groups excluding tert-OH is 1. The number of likely N-dealkylation sites (tertiary alicyclic amines) is 1. The fourth-order valence-corrected chi connectivity index (χ4v) is 6.41. The SMILES string of the molecule is C=CCOC(=O)[C@H]1[C@H]2C(=O)N(CCCO)C(C(=O)N(CC=C)c3ccc(Cl)cc3)C23CC[C@]1(CC)O3. The summed E-state index contributed by atoms with van der Waals surface area (Å²) in [6.45, 7) is 9.61. The highest BCUT2D eigenvalue weighted by atomic mass is 35.5. The molecule has 1 N–H and O–H groups in total. The van der Waals surface area contributed by atoms with Crippen molar-refractivity contribution in [3.8, 4) is 0 Å². The Morgan fingerprint density at radius 3 is 2.61 bits per heavy atom. The molecular weight excluding hydrogens is 484 g/mol. The number of ether oxygens (including phenoxy) is 2. The number of fused-ring (bicyclic) bond motifs is 1. The van der Waals surface area contributed by atoms with E-state index in [1.165, 1.54) is 11.0 Å². The molecule has 2 unspecified atom stereocenters. The Bertz CT molecular complexity index is 1050. The highest BCUT2D eigenvalue weighted by Gasteiger charge is 2.79. The lowest BCUT2D eigenvalue weighted by molar-refractivity contribution is -0.159. The fourth-order valence-electron chi connectivity index (χ4n) is 6.29. The van der Waals surface area contributed by atoms with Crippen LogP contribution >= 0.6 is 11.6 Å². The van der Waals surface area contributed by atoms with Gasteiger partial charge in [-0.25, -0.2) is 0 Å². The van der Waals surface area contributed by atoms with E-state index in [0.29, 0.717) is 36.4 Å². The zero-order valence-electron chi connectivity index (χ0n) is 20.5. The van der Waals surface area contributed by atoms with Crippen molar-refractivity contribution < 1.29 is 29.0 Å². The van der Waals surface area contributed by atoms with Gasteiger partial charge in [0.1, 0.15) is 24.2 Å². The lowest BCUT2D eigenvalue weighted by Gasteiger charge is -2.36. The monoisotopic (exact) mass is 516 g/mol. The Balaban J connectivity index is 1.79. The number of halogens is 1. The molecule has 194 valence electrons. The van der Waals surface area contributed by atoms with E-state index in [4.69, 9.17) is 21.1 Å². The average molecular weight is 517 g/mol. The van der Waals surface area contributed by atoms with Crippen LogP contribution in [0.3, 0.4) is 0 Å². The van der Waals surface area contributed by atoms with Crippen LogP contribution in [-0.4, -0.2) is 71.3 Å². The molecule has 0 radical (unpaired) electrons. The second-order valence-electron chi connectivity index (χ2n) is 9.57. The molecule has 1 spiro atoms. The maximum absolute atomic E-state index is 14.3. The number of hydrogen-bond donors (Lipinski definition) is 1. The van der Waals surface area contributed by atoms with E-state index in [0.717, 1.165) is 0 Å². The third-order valence-corrected chi connectivity index (χ3v) is 8.04. The van der Waals surface area contributed by atoms with Crippen molar-refractivity contribution in [2.75, 3.05) is 31.2 Å². The smallest absolute Gasteiger partial charge is 0.313 e. The predicted octanol–water partition coefficient (Wildman–Crippen LogP) is 3.13. The van der Waals surface area contributed by atoms with Crippen molar-refractivity contribution in [2.24, 2.45) is 11.8 Å². The van der Waals surface area contributed by atoms with E-state index < -0.39 is 35.0 Å². The normalized spacial score (nSPS) is 30.2. The highest BCUT2D eigenvalue weighted by molar-refractivity contribution is 6.30. The van der Waals surface area contributed by atoms with Gasteiger partial charge in [-0.15, -0.1) is 6.58 Å². The van der Waals surface area contributed by atoms with E-state index in [1.54, 1.807) is 35.2 Å². The highest BCUT2D eigenvalue weighted by Crippen LogP contribution is 2.64. The van der Waals surface area contributed by atoms with Crippen LogP contribution in [0.2, 0.25) is 5.02 Å². The standard InChI is InChI=1S/C27H33ClN2O6/c1-4-14-29(19-10-8-18(28)9-11-19)24(33)22-27-13-12-26(6-3,36-27)21(25(34)35-17-5-2)20(27)23(32)30(22)15-7-16-31/h4-5,8-11,20-22,31H,1-2,6-7,12-17H2,3H3/t20-,21+,22?,26-,27?/m0/s1. The molecule has 9 heteroatoms. The second kappa shape index (κ2) is 10.4. The van der Waals surface area contributed by atoms with E-state index in [2.05, 4.69) is 13.2 Å². The third-order valence-electron chi connectivity index (χ3n) is 7.79. The molecule has 36 heavy (non-hydrogen) atoms. The van der Waals surface area contributed by atoms with Crippen molar-refractivity contribution >= 4 is 35.1 Å². The first kappa shape index (κ1) is 26.4. The molecule has 1 aromatic rings. The largest absolute Gasteiger partial charge is 0.461 e. The molecule has 3 saturated heterocycles. The molecule has 5 atom stereocenters. The van der Waals surface area contributed by atoms with Crippen LogP contribution in [0.15, 0.2) is 49.6 Å². The van der Waals surface area contributed by atoms with Crippen LogP contribution in [0.1, 0.15) is 32.6 Å². The van der Waals surface area contributed by atoms with Crippen molar-refractivity contribution in [1.82, 2.24) is 4.90 Å². The molecule has 3 heterocycles. The van der Waals surface area contributed by atoms with Crippen molar-refractivity contribution in [3.05, 3.63) is 54.6 Å². The van der Waals surface area contributed by atoms with E-state index in [-0.39, 0.29) is 38.1 Å². The molecule has 0 saturated carbocycles. The van der Waals surface area contributed by atoms with Crippen molar-refractivity contribution in [1.29, 1.82) is 0 Å². The first-order valence-corrected chi connectivity index (χ1v) is 12.7. The predicted molar refractivity (Wildman–Crippen MR) is 135 cm³/mol. The lowest BCUT2D eigenvalue weighted by atomic mass is 9.65. The number of esters is 1. The summed E-state index contributed by atoms with van der Waals surface area (Å²) in [6.07, 6.45) is 4.92. The van der Waals surface area contributed by atoms with Gasteiger partial charge < -0.3 is 24.4 Å². The van der Waals surface area contributed by atoms with Gasteiger partial charge in [0.25, 0.3) is 5.91 Å². The van der Waals surface area contributed by atoms with Crippen molar-refractivity contribution in [2.45, 2.75) is 49.9 Å². The van der Waals surface area contributed by atoms with Gasteiger partial charge in [-0.05, 0) is 49.9 Å². The molecule has 4 rings (SSSR count). The van der Waals surface area contributed by atoms with Crippen LogP contribution in [0, 0.1) is 11.8 Å². The van der Waals surface area contributed by atoms with Crippen LogP contribution < -0.4 is 4.90 Å². The van der Waals surface area contributed by atoms with Crippen molar-refractivity contribution in [3.63, 3.8) is 0 Å². The van der Waals surface area contributed by atoms with Gasteiger partial charge in [0.2, 0.25) is 5.91 Å². The quantitative estimate of drug-likeness (QED) is 0.358. The molecule has 8 nitrogen and oxygen atoms in total. The van der Waals surface area contributed by atoms with Gasteiger partial charge in [0.15, 0.2) is 0 Å². The maximum atomic E-state index is 14.3. The maximum Gasteiger partial charge on any atom is 0.313 e. The first-order valence-electron chi connectivity index (χ1n) is 12.4. The summed E-state index contributed by atoms with van der Waals surface area (Å²) >= 11 is 6.07. The Kier molecular flexibility index (Phi) is 7.59. The molecular formula is C27H33ClN2O6. The minimum absolute atomic E-state index is 0.0311. The summed E-state index contributed by atoms with van der Waals surface area (Å²) in [6, 6.07) is 5.91. The second-order valence-corrected chi connectivity index (χ2v) is 10.0. The molecule has 3 aliphatic rings. The summed E-state index contributed by atoms with van der Waals surface area (Å²) in [4.78, 5) is 44.5.